The first kappa shape index (κ1) is 20.2. The third-order valence-electron chi connectivity index (χ3n) is 4.66. The second-order valence-electron chi connectivity index (χ2n) is 6.72. The van der Waals surface area contributed by atoms with E-state index < -0.39 is 0 Å². The highest BCUT2D eigenvalue weighted by atomic mass is 16.5. The monoisotopic (exact) mass is 361 g/mol. The number of nitrogens with two attached hydrogens (primary N) is 1. The number of unbranched alkanes of at least 4 members (excludes halogenated alkanes) is 1. The van der Waals surface area contributed by atoms with Gasteiger partial charge < -0.3 is 20.7 Å². The number of amides is 2. The van der Waals surface area contributed by atoms with Crippen LogP contribution in [0.2, 0.25) is 0 Å². The smallest absolute Gasteiger partial charge is 0.254 e. The zero-order valence-corrected chi connectivity index (χ0v) is 15.7. The number of ether oxygens (including phenoxy) is 1. The molecule has 3 N–H and O–H groups in total. The number of rotatable bonds is 9. The van der Waals surface area contributed by atoms with E-state index in [1.54, 1.807) is 0 Å². The Bertz CT molecular complexity index is 574. The number of nitrogens with one attached hydrogen (secondary N) is 1. The highest BCUT2D eigenvalue weighted by Crippen LogP contribution is 2.21. The number of hydrogen-bond donors (Lipinski definition) is 2. The lowest BCUT2D eigenvalue weighted by atomic mass is 10.0. The third-order valence-corrected chi connectivity index (χ3v) is 4.66. The number of likely N-dealkylation sites (tertiary alicyclic amines) is 1. The van der Waals surface area contributed by atoms with E-state index in [1.165, 1.54) is 0 Å². The minimum Gasteiger partial charge on any atom is -0.494 e. The minimum absolute atomic E-state index is 0.0166. The summed E-state index contributed by atoms with van der Waals surface area (Å²) in [6.07, 6.45) is 5.41. The molecule has 1 unspecified atom stereocenters. The lowest BCUT2D eigenvalue weighted by Gasteiger charge is -2.36. The molecule has 26 heavy (non-hydrogen) atoms. The van der Waals surface area contributed by atoms with Gasteiger partial charge in [-0.2, -0.15) is 0 Å². The first-order valence-electron chi connectivity index (χ1n) is 9.66. The summed E-state index contributed by atoms with van der Waals surface area (Å²) >= 11 is 0. The first-order valence-corrected chi connectivity index (χ1v) is 9.66. The molecular formula is C20H31N3O3. The van der Waals surface area contributed by atoms with Crippen molar-refractivity contribution in [3.05, 3.63) is 29.8 Å². The van der Waals surface area contributed by atoms with Crippen LogP contribution in [0.25, 0.3) is 0 Å². The van der Waals surface area contributed by atoms with Crippen molar-refractivity contribution in [1.29, 1.82) is 0 Å². The van der Waals surface area contributed by atoms with Crippen LogP contribution >= 0.6 is 0 Å². The highest BCUT2D eigenvalue weighted by Gasteiger charge is 2.27. The summed E-state index contributed by atoms with van der Waals surface area (Å²) in [7, 11) is 0. The molecule has 1 aromatic carbocycles. The van der Waals surface area contributed by atoms with Crippen molar-refractivity contribution in [1.82, 2.24) is 10.2 Å². The highest BCUT2D eigenvalue weighted by molar-refractivity contribution is 5.94. The van der Waals surface area contributed by atoms with Crippen molar-refractivity contribution >= 4 is 11.8 Å². The summed E-state index contributed by atoms with van der Waals surface area (Å²) in [6.45, 7) is 4.37. The topological polar surface area (TPSA) is 84.7 Å². The van der Waals surface area contributed by atoms with Gasteiger partial charge in [0.2, 0.25) is 5.91 Å². The molecule has 1 aliphatic rings. The number of nitrogens with zero attached hydrogens (tertiary/aromatic N) is 1. The van der Waals surface area contributed by atoms with E-state index in [4.69, 9.17) is 10.5 Å². The van der Waals surface area contributed by atoms with Crippen molar-refractivity contribution in [3.63, 3.8) is 0 Å². The van der Waals surface area contributed by atoms with Crippen molar-refractivity contribution in [2.75, 3.05) is 26.2 Å². The molecule has 1 saturated heterocycles. The summed E-state index contributed by atoms with van der Waals surface area (Å²) in [6, 6.07) is 7.39. The number of piperidine rings is 1. The third kappa shape index (κ3) is 6.02. The molecule has 0 spiro atoms. The Morgan fingerprint density at radius 1 is 1.27 bits per heavy atom. The maximum atomic E-state index is 12.9. The Labute approximate surface area is 156 Å². The molecular weight excluding hydrogens is 330 g/mol. The van der Waals surface area contributed by atoms with Gasteiger partial charge in [0, 0.05) is 37.7 Å². The quantitative estimate of drug-likeness (QED) is 0.661. The van der Waals surface area contributed by atoms with E-state index in [9.17, 15) is 9.59 Å². The fourth-order valence-electron chi connectivity index (χ4n) is 3.13. The fraction of sp³-hybridized carbons (Fsp3) is 0.600. The number of benzene rings is 1. The largest absolute Gasteiger partial charge is 0.494 e. The predicted molar refractivity (Wildman–Crippen MR) is 102 cm³/mol. The molecule has 6 heteroatoms. The molecule has 0 aliphatic carbocycles. The lowest BCUT2D eigenvalue weighted by Crippen LogP contribution is -2.49. The minimum atomic E-state index is -0.0564. The van der Waals surface area contributed by atoms with Gasteiger partial charge in [-0.1, -0.05) is 13.3 Å². The molecule has 2 rings (SSSR count). The first-order chi connectivity index (χ1) is 12.7. The molecule has 1 fully saturated rings. The predicted octanol–water partition coefficient (Wildman–Crippen LogP) is 2.33. The van der Waals surface area contributed by atoms with E-state index in [0.29, 0.717) is 31.7 Å². The van der Waals surface area contributed by atoms with Crippen LogP contribution in [-0.4, -0.2) is 49.0 Å². The van der Waals surface area contributed by atoms with Crippen LogP contribution in [0.15, 0.2) is 24.3 Å². The van der Waals surface area contributed by atoms with Crippen molar-refractivity contribution in [3.8, 4) is 5.75 Å². The standard InChI is InChI=1S/C20H31N3O3/c1-2-3-14-26-18-9-7-16(8-10-18)20(25)23-13-5-4-6-17(23)15-22-19(24)11-12-21/h7-10,17H,2-6,11-15,21H2,1H3,(H,22,24). The summed E-state index contributed by atoms with van der Waals surface area (Å²) in [5, 5.41) is 2.89. The van der Waals surface area contributed by atoms with Crippen LogP contribution in [-0.2, 0) is 4.79 Å². The van der Waals surface area contributed by atoms with E-state index in [1.807, 2.05) is 29.2 Å². The van der Waals surface area contributed by atoms with E-state index in [-0.39, 0.29) is 17.9 Å². The van der Waals surface area contributed by atoms with E-state index >= 15 is 0 Å². The van der Waals surface area contributed by atoms with Gasteiger partial charge in [-0.05, 0) is 49.9 Å². The van der Waals surface area contributed by atoms with Crippen molar-refractivity contribution in [2.45, 2.75) is 51.5 Å². The zero-order chi connectivity index (χ0) is 18.8. The van der Waals surface area contributed by atoms with Gasteiger partial charge in [0.1, 0.15) is 5.75 Å². The lowest BCUT2D eigenvalue weighted by molar-refractivity contribution is -0.121. The van der Waals surface area contributed by atoms with Crippen molar-refractivity contribution < 1.29 is 14.3 Å². The van der Waals surface area contributed by atoms with Gasteiger partial charge in [0.15, 0.2) is 0 Å². The molecule has 1 aliphatic heterocycles. The van der Waals surface area contributed by atoms with Crippen LogP contribution in [0.5, 0.6) is 5.75 Å². The molecule has 2 amide bonds. The average Bonchev–Trinajstić information content (AvgIpc) is 2.67. The number of carbonyl (C=O) groups is 2. The second kappa shape index (κ2) is 10.8. The van der Waals surface area contributed by atoms with Gasteiger partial charge in [0.25, 0.3) is 5.91 Å². The van der Waals surface area contributed by atoms with Gasteiger partial charge >= 0.3 is 0 Å². The molecule has 0 saturated carbocycles. The summed E-state index contributed by atoms with van der Waals surface area (Å²) in [5.74, 6) is 0.751. The van der Waals surface area contributed by atoms with E-state index in [2.05, 4.69) is 12.2 Å². The molecule has 0 bridgehead atoms. The molecule has 144 valence electrons. The van der Waals surface area contributed by atoms with Crippen LogP contribution in [0, 0.1) is 0 Å². The second-order valence-corrected chi connectivity index (χ2v) is 6.72. The molecule has 6 nitrogen and oxygen atoms in total. The fourth-order valence-corrected chi connectivity index (χ4v) is 3.13. The molecule has 1 atom stereocenters. The molecule has 0 radical (unpaired) electrons. The number of hydrogen-bond acceptors (Lipinski definition) is 4. The Hall–Kier alpha value is -2.08. The van der Waals surface area contributed by atoms with Gasteiger partial charge in [-0.3, -0.25) is 9.59 Å². The maximum Gasteiger partial charge on any atom is 0.254 e. The summed E-state index contributed by atoms with van der Waals surface area (Å²) < 4.78 is 5.65. The molecule has 1 aromatic rings. The van der Waals surface area contributed by atoms with Crippen LogP contribution in [0.3, 0.4) is 0 Å². The van der Waals surface area contributed by atoms with Crippen molar-refractivity contribution in [2.24, 2.45) is 5.73 Å². The summed E-state index contributed by atoms with van der Waals surface area (Å²) in [5.41, 5.74) is 6.06. The Kier molecular flexibility index (Phi) is 8.41. The van der Waals surface area contributed by atoms with Gasteiger partial charge in [-0.15, -0.1) is 0 Å². The van der Waals surface area contributed by atoms with Crippen LogP contribution < -0.4 is 15.8 Å². The van der Waals surface area contributed by atoms with Crippen LogP contribution in [0.4, 0.5) is 0 Å². The molecule has 0 aromatic heterocycles. The van der Waals surface area contributed by atoms with Crippen LogP contribution in [0.1, 0.15) is 55.8 Å². The Morgan fingerprint density at radius 2 is 2.04 bits per heavy atom. The summed E-state index contributed by atoms with van der Waals surface area (Å²) in [4.78, 5) is 26.5. The normalized spacial score (nSPS) is 17.0. The Balaban J connectivity index is 1.95. The number of carbonyl (C=O) groups excluding carboxylic acids is 2. The zero-order valence-electron chi connectivity index (χ0n) is 15.7. The van der Waals surface area contributed by atoms with E-state index in [0.717, 1.165) is 44.4 Å². The average molecular weight is 361 g/mol. The van der Waals surface area contributed by atoms with Gasteiger partial charge in [-0.25, -0.2) is 0 Å². The van der Waals surface area contributed by atoms with Gasteiger partial charge in [0.05, 0.1) is 6.61 Å². The Morgan fingerprint density at radius 3 is 2.73 bits per heavy atom. The maximum absolute atomic E-state index is 12.9. The molecule has 1 heterocycles. The SMILES string of the molecule is CCCCOc1ccc(C(=O)N2CCCCC2CNC(=O)CCN)cc1.